The molecule has 0 bridgehead atoms. The smallest absolute Gasteiger partial charge is 0.230 e. The third kappa shape index (κ3) is 3.08. The van der Waals surface area contributed by atoms with Crippen LogP contribution in [0.1, 0.15) is 38.2 Å². The first-order valence-electron chi connectivity index (χ1n) is 7.64. The SMILES string of the molecule is CCC(C(=O)N1CCC(C)(C(N)=O)C1)c1ccc(OC)cc1. The largest absolute Gasteiger partial charge is 0.497 e. The van der Waals surface area contributed by atoms with Crippen molar-refractivity contribution in [3.8, 4) is 5.75 Å². The molecule has 2 atom stereocenters. The molecule has 120 valence electrons. The van der Waals surface area contributed by atoms with Crippen molar-refractivity contribution in [2.75, 3.05) is 20.2 Å². The Balaban J connectivity index is 2.14. The highest BCUT2D eigenvalue weighted by atomic mass is 16.5. The molecule has 2 rings (SSSR count). The Morgan fingerprint density at radius 1 is 1.36 bits per heavy atom. The van der Waals surface area contributed by atoms with Crippen LogP contribution in [0.3, 0.4) is 0 Å². The normalized spacial score (nSPS) is 22.4. The molecule has 22 heavy (non-hydrogen) atoms. The van der Waals surface area contributed by atoms with Crippen LogP contribution in [0.5, 0.6) is 5.75 Å². The van der Waals surface area contributed by atoms with Gasteiger partial charge in [0.1, 0.15) is 5.75 Å². The summed E-state index contributed by atoms with van der Waals surface area (Å²) in [5.41, 5.74) is 5.83. The van der Waals surface area contributed by atoms with Gasteiger partial charge in [-0.2, -0.15) is 0 Å². The van der Waals surface area contributed by atoms with Crippen LogP contribution in [-0.4, -0.2) is 36.9 Å². The number of nitrogens with two attached hydrogens (primary N) is 1. The second-order valence-electron chi connectivity index (χ2n) is 6.17. The summed E-state index contributed by atoms with van der Waals surface area (Å²) in [5.74, 6) is 0.313. The Kier molecular flexibility index (Phi) is 4.74. The average molecular weight is 304 g/mol. The van der Waals surface area contributed by atoms with Crippen LogP contribution in [-0.2, 0) is 9.59 Å². The molecule has 1 heterocycles. The molecule has 1 aliphatic rings. The zero-order valence-electron chi connectivity index (χ0n) is 13.5. The van der Waals surface area contributed by atoms with Crippen LogP contribution >= 0.6 is 0 Å². The van der Waals surface area contributed by atoms with Gasteiger partial charge < -0.3 is 15.4 Å². The van der Waals surface area contributed by atoms with Crippen molar-refractivity contribution in [1.29, 1.82) is 0 Å². The van der Waals surface area contributed by atoms with Gasteiger partial charge in [-0.3, -0.25) is 9.59 Å². The monoisotopic (exact) mass is 304 g/mol. The highest BCUT2D eigenvalue weighted by Gasteiger charge is 2.41. The molecular formula is C17H24N2O3. The molecule has 0 spiro atoms. The maximum absolute atomic E-state index is 12.8. The fourth-order valence-corrected chi connectivity index (χ4v) is 2.96. The second kappa shape index (κ2) is 6.38. The Morgan fingerprint density at radius 2 is 2.00 bits per heavy atom. The van der Waals surface area contributed by atoms with Gasteiger partial charge >= 0.3 is 0 Å². The minimum atomic E-state index is -0.603. The number of carbonyl (C=O) groups is 2. The minimum absolute atomic E-state index is 0.0673. The van der Waals surface area contributed by atoms with E-state index in [1.165, 1.54) is 0 Å². The summed E-state index contributed by atoms with van der Waals surface area (Å²) in [6, 6.07) is 7.58. The molecule has 1 fully saturated rings. The molecule has 0 radical (unpaired) electrons. The van der Waals surface area contributed by atoms with E-state index in [2.05, 4.69) is 0 Å². The maximum atomic E-state index is 12.8. The third-order valence-corrected chi connectivity index (χ3v) is 4.60. The topological polar surface area (TPSA) is 72.6 Å². The number of primary amides is 1. The zero-order valence-corrected chi connectivity index (χ0v) is 13.5. The number of methoxy groups -OCH3 is 1. The first-order valence-corrected chi connectivity index (χ1v) is 7.64. The molecule has 0 aromatic heterocycles. The number of hydrogen-bond donors (Lipinski definition) is 1. The number of hydrogen-bond acceptors (Lipinski definition) is 3. The van der Waals surface area contributed by atoms with Crippen molar-refractivity contribution in [2.45, 2.75) is 32.6 Å². The van der Waals surface area contributed by atoms with Gasteiger partial charge in [0, 0.05) is 13.1 Å². The van der Waals surface area contributed by atoms with E-state index in [-0.39, 0.29) is 17.7 Å². The van der Waals surface area contributed by atoms with Crippen molar-refractivity contribution in [3.05, 3.63) is 29.8 Å². The van der Waals surface area contributed by atoms with Gasteiger partial charge in [0.05, 0.1) is 18.4 Å². The molecule has 0 saturated carbocycles. The van der Waals surface area contributed by atoms with Crippen molar-refractivity contribution in [1.82, 2.24) is 4.90 Å². The van der Waals surface area contributed by atoms with Crippen LogP contribution < -0.4 is 10.5 Å². The molecular weight excluding hydrogens is 280 g/mol. The molecule has 0 aliphatic carbocycles. The molecule has 1 aromatic rings. The summed E-state index contributed by atoms with van der Waals surface area (Å²) in [6.45, 7) is 4.83. The minimum Gasteiger partial charge on any atom is -0.497 e. The van der Waals surface area contributed by atoms with E-state index >= 15 is 0 Å². The Labute approximate surface area is 131 Å². The molecule has 2 amide bonds. The van der Waals surface area contributed by atoms with Crippen LogP contribution in [0.4, 0.5) is 0 Å². The number of amides is 2. The number of nitrogens with zero attached hydrogens (tertiary/aromatic N) is 1. The number of carbonyl (C=O) groups excluding carboxylic acids is 2. The molecule has 2 N–H and O–H groups in total. The van der Waals surface area contributed by atoms with Gasteiger partial charge in [-0.05, 0) is 37.5 Å². The van der Waals surface area contributed by atoms with Crippen LogP contribution in [0.25, 0.3) is 0 Å². The van der Waals surface area contributed by atoms with Crippen molar-refractivity contribution in [3.63, 3.8) is 0 Å². The van der Waals surface area contributed by atoms with E-state index in [0.29, 0.717) is 19.5 Å². The summed E-state index contributed by atoms with van der Waals surface area (Å²) < 4.78 is 5.15. The Morgan fingerprint density at radius 3 is 2.45 bits per heavy atom. The Hall–Kier alpha value is -2.04. The molecule has 5 nitrogen and oxygen atoms in total. The van der Waals surface area contributed by atoms with E-state index in [4.69, 9.17) is 10.5 Å². The van der Waals surface area contributed by atoms with Crippen LogP contribution in [0, 0.1) is 5.41 Å². The van der Waals surface area contributed by atoms with Gasteiger partial charge in [0.15, 0.2) is 0 Å². The quantitative estimate of drug-likeness (QED) is 0.903. The predicted molar refractivity (Wildman–Crippen MR) is 84.5 cm³/mol. The molecule has 1 saturated heterocycles. The summed E-state index contributed by atoms with van der Waals surface area (Å²) in [7, 11) is 1.62. The number of likely N-dealkylation sites (tertiary alicyclic amines) is 1. The highest BCUT2D eigenvalue weighted by molar-refractivity contribution is 5.87. The number of ether oxygens (including phenoxy) is 1. The molecule has 1 aliphatic heterocycles. The van der Waals surface area contributed by atoms with Crippen molar-refractivity contribution >= 4 is 11.8 Å². The second-order valence-corrected chi connectivity index (χ2v) is 6.17. The van der Waals surface area contributed by atoms with E-state index in [0.717, 1.165) is 17.7 Å². The summed E-state index contributed by atoms with van der Waals surface area (Å²) in [6.07, 6.45) is 1.35. The fraction of sp³-hybridized carbons (Fsp3) is 0.529. The van der Waals surface area contributed by atoms with E-state index < -0.39 is 5.41 Å². The van der Waals surface area contributed by atoms with E-state index in [1.54, 1.807) is 12.0 Å². The van der Waals surface area contributed by atoms with Gasteiger partial charge in [-0.25, -0.2) is 0 Å². The first-order chi connectivity index (χ1) is 10.4. The summed E-state index contributed by atoms with van der Waals surface area (Å²) in [5, 5.41) is 0. The summed E-state index contributed by atoms with van der Waals surface area (Å²) in [4.78, 5) is 26.1. The van der Waals surface area contributed by atoms with Gasteiger partial charge in [0.25, 0.3) is 0 Å². The van der Waals surface area contributed by atoms with Gasteiger partial charge in [-0.15, -0.1) is 0 Å². The highest BCUT2D eigenvalue weighted by Crippen LogP contribution is 2.33. The fourth-order valence-electron chi connectivity index (χ4n) is 2.96. The first kappa shape index (κ1) is 16.3. The van der Waals surface area contributed by atoms with Gasteiger partial charge in [-0.1, -0.05) is 19.1 Å². The third-order valence-electron chi connectivity index (χ3n) is 4.60. The zero-order chi connectivity index (χ0) is 16.3. The van der Waals surface area contributed by atoms with E-state index in [1.807, 2.05) is 38.1 Å². The summed E-state index contributed by atoms with van der Waals surface area (Å²) >= 11 is 0. The van der Waals surface area contributed by atoms with Crippen LogP contribution in [0.2, 0.25) is 0 Å². The lowest BCUT2D eigenvalue weighted by Gasteiger charge is -2.25. The Bertz CT molecular complexity index is 556. The number of benzene rings is 1. The van der Waals surface area contributed by atoms with Gasteiger partial charge in [0.2, 0.25) is 11.8 Å². The molecule has 5 heteroatoms. The van der Waals surface area contributed by atoms with E-state index in [9.17, 15) is 9.59 Å². The van der Waals surface area contributed by atoms with Crippen molar-refractivity contribution in [2.24, 2.45) is 11.1 Å². The lowest BCUT2D eigenvalue weighted by Crippen LogP contribution is -2.40. The molecule has 1 aromatic carbocycles. The lowest BCUT2D eigenvalue weighted by atomic mass is 9.89. The number of rotatable bonds is 5. The average Bonchev–Trinajstić information content (AvgIpc) is 2.92. The van der Waals surface area contributed by atoms with Crippen molar-refractivity contribution < 1.29 is 14.3 Å². The van der Waals surface area contributed by atoms with Crippen LogP contribution in [0.15, 0.2) is 24.3 Å². The maximum Gasteiger partial charge on any atom is 0.230 e. The molecule has 2 unspecified atom stereocenters. The lowest BCUT2D eigenvalue weighted by molar-refractivity contribution is -0.133. The predicted octanol–water partition coefficient (Wildman–Crippen LogP) is 1.91. The standard InChI is InChI=1S/C17H24N2O3/c1-4-14(12-5-7-13(22-3)8-6-12)15(20)19-10-9-17(2,11-19)16(18)21/h5-8,14H,4,9-11H2,1-3H3,(H2,18,21).